The fraction of sp³-hybridized carbons (Fsp3) is 0.0667. The Morgan fingerprint density at radius 2 is 2.13 bits per heavy atom. The van der Waals surface area contributed by atoms with Gasteiger partial charge in [0.05, 0.1) is 17.0 Å². The zero-order valence-electron chi connectivity index (χ0n) is 11.7. The number of fused-ring (bicyclic) bond motifs is 1. The number of rotatable bonds is 5. The summed E-state index contributed by atoms with van der Waals surface area (Å²) in [5.74, 6) is -1.47. The van der Waals surface area contributed by atoms with Crippen LogP contribution >= 0.6 is 11.3 Å². The number of nitro groups is 1. The molecular weight excluding hydrogens is 318 g/mol. The van der Waals surface area contributed by atoms with Crippen molar-refractivity contribution in [2.24, 2.45) is 0 Å². The minimum absolute atomic E-state index is 0.118. The van der Waals surface area contributed by atoms with Gasteiger partial charge in [-0.05, 0) is 17.5 Å². The van der Waals surface area contributed by atoms with Gasteiger partial charge in [-0.1, -0.05) is 6.07 Å². The zero-order chi connectivity index (χ0) is 16.4. The van der Waals surface area contributed by atoms with Gasteiger partial charge in [0.25, 0.3) is 17.4 Å². The molecule has 2 heterocycles. The molecule has 0 aliphatic heterocycles. The number of hydrogen-bond acceptors (Lipinski definition) is 5. The van der Waals surface area contributed by atoms with Crippen molar-refractivity contribution in [2.75, 3.05) is 0 Å². The highest BCUT2D eigenvalue weighted by Crippen LogP contribution is 2.24. The van der Waals surface area contributed by atoms with E-state index in [1.165, 1.54) is 35.7 Å². The molecule has 3 aromatic rings. The largest absolute Gasteiger partial charge is 0.360 e. The summed E-state index contributed by atoms with van der Waals surface area (Å²) in [4.78, 5) is 38.3. The molecule has 0 fully saturated rings. The molecule has 8 heteroatoms. The number of thiophene rings is 1. The number of Topliss-reactive ketones (excluding diaryl/α,β-unsaturated/α-hetero) is 1. The molecule has 7 nitrogen and oxygen atoms in total. The number of nitrogens with one attached hydrogen (secondary N) is 2. The highest BCUT2D eigenvalue weighted by Gasteiger charge is 2.21. The second kappa shape index (κ2) is 6.01. The second-order valence-electron chi connectivity index (χ2n) is 4.78. The van der Waals surface area contributed by atoms with E-state index < -0.39 is 16.6 Å². The number of hydrogen-bond donors (Lipinski definition) is 2. The van der Waals surface area contributed by atoms with Gasteiger partial charge in [-0.2, -0.15) is 0 Å². The lowest BCUT2D eigenvalue weighted by atomic mass is 10.1. The first-order valence-corrected chi connectivity index (χ1v) is 7.54. The van der Waals surface area contributed by atoms with Crippen LogP contribution in [0.2, 0.25) is 0 Å². The fourth-order valence-corrected chi connectivity index (χ4v) is 2.84. The number of ketones is 1. The third-order valence-corrected chi connectivity index (χ3v) is 4.21. The minimum atomic E-state index is -0.745. The Bertz CT molecular complexity index is 899. The number of nitro benzene ring substituents is 1. The van der Waals surface area contributed by atoms with E-state index >= 15 is 0 Å². The van der Waals surface area contributed by atoms with E-state index in [4.69, 9.17) is 0 Å². The fourth-order valence-electron chi connectivity index (χ4n) is 2.19. The maximum absolute atomic E-state index is 12.3. The zero-order valence-corrected chi connectivity index (χ0v) is 12.6. The van der Waals surface area contributed by atoms with Crippen LogP contribution in [-0.2, 0) is 11.3 Å². The maximum atomic E-state index is 12.3. The molecular formula is C15H11N3O4S. The van der Waals surface area contributed by atoms with E-state index in [1.54, 1.807) is 0 Å². The molecule has 0 unspecified atom stereocenters. The average Bonchev–Trinajstić information content (AvgIpc) is 3.20. The number of carbonyl (C=O) groups is 2. The topological polar surface area (TPSA) is 105 Å². The summed E-state index contributed by atoms with van der Waals surface area (Å²) >= 11 is 1.47. The number of non-ortho nitro benzene ring substituents is 1. The third-order valence-electron chi connectivity index (χ3n) is 3.33. The first-order chi connectivity index (χ1) is 11.1. The molecule has 1 aromatic carbocycles. The van der Waals surface area contributed by atoms with Gasteiger partial charge in [0.1, 0.15) is 0 Å². The highest BCUT2D eigenvalue weighted by molar-refractivity contribution is 7.09. The molecule has 0 spiro atoms. The molecule has 1 amide bonds. The lowest BCUT2D eigenvalue weighted by molar-refractivity contribution is -0.384. The van der Waals surface area contributed by atoms with Crippen molar-refractivity contribution in [3.63, 3.8) is 0 Å². The van der Waals surface area contributed by atoms with Gasteiger partial charge in [0.2, 0.25) is 0 Å². The molecule has 0 saturated heterocycles. The second-order valence-corrected chi connectivity index (χ2v) is 5.81. The van der Waals surface area contributed by atoms with Gasteiger partial charge in [0, 0.05) is 34.1 Å². The Kier molecular flexibility index (Phi) is 3.90. The number of H-pyrrole nitrogens is 1. The van der Waals surface area contributed by atoms with Crippen LogP contribution in [-0.4, -0.2) is 21.6 Å². The Morgan fingerprint density at radius 1 is 1.30 bits per heavy atom. The summed E-state index contributed by atoms with van der Waals surface area (Å²) in [6.45, 7) is 0.269. The first-order valence-electron chi connectivity index (χ1n) is 6.66. The van der Waals surface area contributed by atoms with E-state index in [-0.39, 0.29) is 17.8 Å². The van der Waals surface area contributed by atoms with E-state index in [0.29, 0.717) is 10.9 Å². The van der Waals surface area contributed by atoms with Crippen LogP contribution in [0.5, 0.6) is 0 Å². The van der Waals surface area contributed by atoms with Gasteiger partial charge in [-0.25, -0.2) is 0 Å². The molecule has 116 valence electrons. The van der Waals surface area contributed by atoms with Crippen molar-refractivity contribution in [1.82, 2.24) is 10.3 Å². The first kappa shape index (κ1) is 14.9. The summed E-state index contributed by atoms with van der Waals surface area (Å²) in [6, 6.07) is 7.83. The number of nitrogens with zero attached hydrogens (tertiary/aromatic N) is 1. The van der Waals surface area contributed by atoms with E-state index in [1.807, 2.05) is 17.5 Å². The SMILES string of the molecule is O=C(NCc1cccs1)C(=O)c1c[nH]c2ccc([N+](=O)[O-])cc12. The van der Waals surface area contributed by atoms with Gasteiger partial charge in [-0.3, -0.25) is 19.7 Å². The van der Waals surface area contributed by atoms with E-state index in [2.05, 4.69) is 10.3 Å². The summed E-state index contributed by atoms with van der Waals surface area (Å²) in [7, 11) is 0. The molecule has 0 aliphatic carbocycles. The van der Waals surface area contributed by atoms with Gasteiger partial charge >= 0.3 is 0 Å². The molecule has 0 bridgehead atoms. The quantitative estimate of drug-likeness (QED) is 0.325. The molecule has 3 rings (SSSR count). The molecule has 0 aliphatic rings. The maximum Gasteiger partial charge on any atom is 0.292 e. The number of amides is 1. The van der Waals surface area contributed by atoms with Crippen LogP contribution in [0, 0.1) is 10.1 Å². The molecule has 0 radical (unpaired) electrons. The Morgan fingerprint density at radius 3 is 2.83 bits per heavy atom. The predicted octanol–water partition coefficient (Wildman–Crippen LogP) is 2.64. The van der Waals surface area contributed by atoms with Crippen LogP contribution in [0.3, 0.4) is 0 Å². The normalized spacial score (nSPS) is 10.6. The lowest BCUT2D eigenvalue weighted by Crippen LogP contribution is -2.30. The molecule has 2 aromatic heterocycles. The summed E-state index contributed by atoms with van der Waals surface area (Å²) in [6.07, 6.45) is 1.39. The number of carbonyl (C=O) groups excluding carboxylic acids is 2. The van der Waals surface area contributed by atoms with Crippen molar-refractivity contribution in [3.05, 3.63) is 62.5 Å². The smallest absolute Gasteiger partial charge is 0.292 e. The Labute approximate surface area is 134 Å². The molecule has 0 atom stereocenters. The van der Waals surface area contributed by atoms with Crippen molar-refractivity contribution < 1.29 is 14.5 Å². The Balaban J connectivity index is 1.83. The molecule has 23 heavy (non-hydrogen) atoms. The van der Waals surface area contributed by atoms with Crippen LogP contribution in [0.25, 0.3) is 10.9 Å². The average molecular weight is 329 g/mol. The summed E-state index contributed by atoms with van der Waals surface area (Å²) in [5, 5.41) is 15.6. The number of aromatic nitrogens is 1. The van der Waals surface area contributed by atoms with Crippen LogP contribution in [0.4, 0.5) is 5.69 Å². The molecule has 0 saturated carbocycles. The van der Waals surface area contributed by atoms with Crippen molar-refractivity contribution in [2.45, 2.75) is 6.54 Å². The van der Waals surface area contributed by atoms with E-state index in [9.17, 15) is 19.7 Å². The Hall–Kier alpha value is -3.00. The predicted molar refractivity (Wildman–Crippen MR) is 85.4 cm³/mol. The monoisotopic (exact) mass is 329 g/mol. The lowest BCUT2D eigenvalue weighted by Gasteiger charge is -2.02. The summed E-state index contributed by atoms with van der Waals surface area (Å²) in [5.41, 5.74) is 0.544. The number of benzene rings is 1. The van der Waals surface area contributed by atoms with E-state index in [0.717, 1.165) is 4.88 Å². The van der Waals surface area contributed by atoms with Crippen LogP contribution in [0.15, 0.2) is 41.9 Å². The van der Waals surface area contributed by atoms with Crippen LogP contribution in [0.1, 0.15) is 15.2 Å². The van der Waals surface area contributed by atoms with Crippen molar-refractivity contribution in [3.8, 4) is 0 Å². The van der Waals surface area contributed by atoms with Crippen molar-refractivity contribution >= 4 is 39.6 Å². The summed E-state index contributed by atoms with van der Waals surface area (Å²) < 4.78 is 0. The minimum Gasteiger partial charge on any atom is -0.360 e. The third kappa shape index (κ3) is 2.97. The number of aromatic amines is 1. The van der Waals surface area contributed by atoms with Gasteiger partial charge in [-0.15, -0.1) is 11.3 Å². The molecule has 2 N–H and O–H groups in total. The van der Waals surface area contributed by atoms with Gasteiger partial charge in [0.15, 0.2) is 0 Å². The van der Waals surface area contributed by atoms with Crippen LogP contribution < -0.4 is 5.32 Å². The van der Waals surface area contributed by atoms with Crippen molar-refractivity contribution in [1.29, 1.82) is 0 Å². The standard InChI is InChI=1S/C15H11N3O4S/c19-14(15(20)17-7-10-2-1-5-23-10)12-8-16-13-4-3-9(18(21)22)6-11(12)13/h1-6,8,16H,7H2,(H,17,20). The van der Waals surface area contributed by atoms with Gasteiger partial charge < -0.3 is 10.3 Å². The highest BCUT2D eigenvalue weighted by atomic mass is 32.1.